The topological polar surface area (TPSA) is 0 Å². The zero-order valence-electron chi connectivity index (χ0n) is 7.98. The molecule has 0 saturated heterocycles. The van der Waals surface area contributed by atoms with Gasteiger partial charge in [0.1, 0.15) is 0 Å². The zero-order chi connectivity index (χ0) is 9.19. The molecule has 0 fully saturated rings. The van der Waals surface area contributed by atoms with Crippen LogP contribution in [-0.4, -0.2) is 18.3 Å². The minimum atomic E-state index is -1.09. The molecule has 65 valence electrons. The Balaban J connectivity index is 2.81. The molecule has 1 heterocycles. The Hall–Kier alpha value is 0.134. The minimum absolute atomic E-state index is 1.09. The average Bonchev–Trinajstić information content (AvgIpc) is 2.36. The summed E-state index contributed by atoms with van der Waals surface area (Å²) in [7, 11) is 2.49. The van der Waals surface area contributed by atoms with Crippen molar-refractivity contribution in [2.75, 3.05) is 0 Å². The lowest BCUT2D eigenvalue weighted by molar-refractivity contribution is 1.37. The third kappa shape index (κ3) is 2.31. The van der Waals surface area contributed by atoms with Gasteiger partial charge in [0.15, 0.2) is 0 Å². The summed E-state index contributed by atoms with van der Waals surface area (Å²) in [4.78, 5) is 0. The molecular formula is C9H15SSi2. The van der Waals surface area contributed by atoms with Crippen LogP contribution in [0.3, 0.4) is 0 Å². The highest BCUT2D eigenvalue weighted by Gasteiger charge is 2.23. The van der Waals surface area contributed by atoms with Crippen molar-refractivity contribution in [3.63, 3.8) is 0 Å². The summed E-state index contributed by atoms with van der Waals surface area (Å²) in [5, 5.41) is 2.26. The molecule has 0 bridgehead atoms. The summed E-state index contributed by atoms with van der Waals surface area (Å²) in [6, 6.07) is 4.83. The molecule has 1 aromatic rings. The van der Waals surface area contributed by atoms with Crippen molar-refractivity contribution >= 4 is 34.2 Å². The molecule has 1 aromatic heterocycles. The second kappa shape index (κ2) is 3.89. The molecule has 0 saturated carbocycles. The highest BCUT2D eigenvalue weighted by atomic mass is 32.1. The van der Waals surface area contributed by atoms with Crippen molar-refractivity contribution in [2.45, 2.75) is 32.1 Å². The number of hydrogen-bond donors (Lipinski definition) is 0. The Labute approximate surface area is 83.4 Å². The highest BCUT2D eigenvalue weighted by molar-refractivity contribution is 7.25. The van der Waals surface area contributed by atoms with Crippen LogP contribution in [0.4, 0.5) is 0 Å². The monoisotopic (exact) mass is 211 g/mol. The molecule has 0 spiro atoms. The molecule has 12 heavy (non-hydrogen) atoms. The van der Waals surface area contributed by atoms with Crippen molar-refractivity contribution in [1.29, 1.82) is 0 Å². The van der Waals surface area contributed by atoms with Crippen molar-refractivity contribution in [3.05, 3.63) is 17.0 Å². The van der Waals surface area contributed by atoms with E-state index in [9.17, 15) is 0 Å². The summed E-state index contributed by atoms with van der Waals surface area (Å²) < 4.78 is 1.64. The summed E-state index contributed by atoms with van der Waals surface area (Å²) in [6.45, 7) is 7.06. The number of hydrogen-bond acceptors (Lipinski definition) is 1. The first-order valence-corrected chi connectivity index (χ1v) is 9.06. The molecule has 1 rings (SSSR count). The lowest BCUT2D eigenvalue weighted by atomic mass is 10.4. The first-order chi connectivity index (χ1) is 5.56. The predicted molar refractivity (Wildman–Crippen MR) is 61.5 cm³/mol. The number of thiophene rings is 1. The fourth-order valence-electron chi connectivity index (χ4n) is 1.22. The SMILES string of the molecule is Cc1csc([Si](C)(C)CC[Si])c1. The van der Waals surface area contributed by atoms with Crippen LogP contribution >= 0.6 is 11.3 Å². The first kappa shape index (κ1) is 10.2. The van der Waals surface area contributed by atoms with E-state index in [1.807, 2.05) is 11.3 Å². The molecular weight excluding hydrogens is 196 g/mol. The van der Waals surface area contributed by atoms with E-state index in [0.29, 0.717) is 0 Å². The van der Waals surface area contributed by atoms with Crippen molar-refractivity contribution in [2.24, 2.45) is 0 Å². The van der Waals surface area contributed by atoms with E-state index in [4.69, 9.17) is 0 Å². The molecule has 0 aliphatic rings. The van der Waals surface area contributed by atoms with Gasteiger partial charge in [-0.2, -0.15) is 11.3 Å². The summed E-state index contributed by atoms with van der Waals surface area (Å²) in [5.41, 5.74) is 1.42. The Morgan fingerprint density at radius 1 is 1.50 bits per heavy atom. The van der Waals surface area contributed by atoms with Gasteiger partial charge in [0, 0.05) is 10.2 Å². The largest absolute Gasteiger partial charge is 0.153 e. The van der Waals surface area contributed by atoms with E-state index in [1.54, 1.807) is 4.50 Å². The maximum atomic E-state index is 3.57. The maximum absolute atomic E-state index is 3.57. The zero-order valence-corrected chi connectivity index (χ0v) is 10.8. The van der Waals surface area contributed by atoms with Crippen LogP contribution in [0.5, 0.6) is 0 Å². The van der Waals surface area contributed by atoms with Gasteiger partial charge in [-0.25, -0.2) is 0 Å². The first-order valence-electron chi connectivity index (χ1n) is 4.26. The molecule has 0 nitrogen and oxygen atoms in total. The molecule has 0 aromatic carbocycles. The van der Waals surface area contributed by atoms with Gasteiger partial charge < -0.3 is 0 Å². The van der Waals surface area contributed by atoms with Gasteiger partial charge in [0.05, 0.1) is 8.07 Å². The summed E-state index contributed by atoms with van der Waals surface area (Å²) in [5.74, 6) is 0. The van der Waals surface area contributed by atoms with E-state index >= 15 is 0 Å². The summed E-state index contributed by atoms with van der Waals surface area (Å²) in [6.07, 6.45) is 0. The lowest BCUT2D eigenvalue weighted by Crippen LogP contribution is -2.38. The van der Waals surface area contributed by atoms with Gasteiger partial charge in [0.2, 0.25) is 0 Å². The van der Waals surface area contributed by atoms with Gasteiger partial charge in [-0.3, -0.25) is 0 Å². The van der Waals surface area contributed by atoms with Crippen LogP contribution in [0.1, 0.15) is 5.56 Å². The van der Waals surface area contributed by atoms with Gasteiger partial charge >= 0.3 is 0 Å². The van der Waals surface area contributed by atoms with Gasteiger partial charge in [-0.05, 0) is 28.4 Å². The van der Waals surface area contributed by atoms with Crippen molar-refractivity contribution in [1.82, 2.24) is 0 Å². The van der Waals surface area contributed by atoms with E-state index in [0.717, 1.165) is 6.04 Å². The Morgan fingerprint density at radius 3 is 2.58 bits per heavy atom. The van der Waals surface area contributed by atoms with E-state index < -0.39 is 8.07 Å². The lowest BCUT2D eigenvalue weighted by Gasteiger charge is -2.19. The fraction of sp³-hybridized carbons (Fsp3) is 0.556. The van der Waals surface area contributed by atoms with Crippen LogP contribution in [-0.2, 0) is 0 Å². The van der Waals surface area contributed by atoms with Crippen molar-refractivity contribution in [3.8, 4) is 0 Å². The van der Waals surface area contributed by atoms with Crippen LogP contribution in [0.15, 0.2) is 11.4 Å². The number of rotatable bonds is 3. The van der Waals surface area contributed by atoms with Gasteiger partial charge in [-0.15, -0.1) is 0 Å². The molecule has 0 aliphatic heterocycles. The average molecular weight is 211 g/mol. The molecule has 0 aliphatic carbocycles. The molecule has 3 heteroatoms. The van der Waals surface area contributed by atoms with E-state index in [-0.39, 0.29) is 0 Å². The summed E-state index contributed by atoms with van der Waals surface area (Å²) >= 11 is 1.94. The third-order valence-electron chi connectivity index (χ3n) is 2.15. The molecule has 0 atom stereocenters. The van der Waals surface area contributed by atoms with Crippen molar-refractivity contribution < 1.29 is 0 Å². The second-order valence-corrected chi connectivity index (χ2v) is 10.5. The van der Waals surface area contributed by atoms with Crippen LogP contribution < -0.4 is 4.50 Å². The minimum Gasteiger partial charge on any atom is -0.153 e. The normalized spacial score (nSPS) is 12.0. The maximum Gasteiger partial charge on any atom is 0.0931 e. The highest BCUT2D eigenvalue weighted by Crippen LogP contribution is 2.16. The Morgan fingerprint density at radius 2 is 2.17 bits per heavy atom. The fourth-order valence-corrected chi connectivity index (χ4v) is 6.98. The number of aryl methyl sites for hydroxylation is 1. The smallest absolute Gasteiger partial charge is 0.0931 e. The quantitative estimate of drug-likeness (QED) is 0.674. The van der Waals surface area contributed by atoms with E-state index in [1.165, 1.54) is 11.6 Å². The second-order valence-electron chi connectivity index (χ2n) is 3.87. The third-order valence-corrected chi connectivity index (χ3v) is 8.75. The van der Waals surface area contributed by atoms with Gasteiger partial charge in [-0.1, -0.05) is 25.2 Å². The standard InChI is InChI=1S/C9H15SSi2/c1-8-6-9(10-7-8)12(2,3)5-4-11/h6-7H,4-5H2,1-3H3. The molecule has 0 N–H and O–H groups in total. The van der Waals surface area contributed by atoms with Gasteiger partial charge in [0.25, 0.3) is 0 Å². The van der Waals surface area contributed by atoms with Crippen LogP contribution in [0, 0.1) is 6.92 Å². The molecule has 0 unspecified atom stereocenters. The molecule has 3 radical (unpaired) electrons. The molecule has 0 amide bonds. The van der Waals surface area contributed by atoms with E-state index in [2.05, 4.69) is 41.7 Å². The van der Waals surface area contributed by atoms with Crippen LogP contribution in [0.2, 0.25) is 25.2 Å². The Kier molecular flexibility index (Phi) is 3.32. The predicted octanol–water partition coefficient (Wildman–Crippen LogP) is 2.56. The van der Waals surface area contributed by atoms with Crippen LogP contribution in [0.25, 0.3) is 0 Å². The Bertz CT molecular complexity index is 253.